The van der Waals surface area contributed by atoms with Crippen LogP contribution >= 0.6 is 22.6 Å². The van der Waals surface area contributed by atoms with Crippen LogP contribution in [0.2, 0.25) is 0 Å². The molecule has 0 bridgehead atoms. The molecule has 1 heterocycles. The van der Waals surface area contributed by atoms with Gasteiger partial charge < -0.3 is 9.47 Å². The second kappa shape index (κ2) is 12.1. The molecule has 0 spiro atoms. The molecule has 0 saturated carbocycles. The van der Waals surface area contributed by atoms with Crippen LogP contribution in [0.4, 0.5) is 0 Å². The minimum Gasteiger partial charge on any atom is -0.375 e. The second-order valence-electron chi connectivity index (χ2n) is 9.46. The Hall–Kier alpha value is -0.800. The lowest BCUT2D eigenvalue weighted by Crippen LogP contribution is -2.54. The Morgan fingerprint density at radius 1 is 1.06 bits per heavy atom. The molecule has 5 atom stereocenters. The molecule has 2 aromatic carbocycles. The van der Waals surface area contributed by atoms with E-state index in [1.807, 2.05) is 57.2 Å². The van der Waals surface area contributed by atoms with Crippen LogP contribution in [0.5, 0.6) is 0 Å². The highest BCUT2D eigenvalue weighted by atomic mass is 127. The Bertz CT molecular complexity index is 843. The zero-order chi connectivity index (χ0) is 23.1. The lowest BCUT2D eigenvalue weighted by Gasteiger charge is -2.42. The lowest BCUT2D eigenvalue weighted by atomic mass is 9.99. The monoisotopic (exact) mass is 569 g/mol. The molecule has 1 aliphatic rings. The van der Waals surface area contributed by atoms with Crippen LogP contribution in [0.1, 0.15) is 51.7 Å². The Labute approximate surface area is 209 Å². The highest BCUT2D eigenvalue weighted by molar-refractivity contribution is 14.1. The van der Waals surface area contributed by atoms with Crippen molar-refractivity contribution < 1.29 is 13.7 Å². The number of alkyl halides is 1. The molecule has 0 radical (unpaired) electrons. The maximum absolute atomic E-state index is 13.8. The topological polar surface area (TPSA) is 38.8 Å². The van der Waals surface area contributed by atoms with Gasteiger partial charge in [0.15, 0.2) is 0 Å². The number of hydrogen-bond donors (Lipinski definition) is 0. The van der Waals surface area contributed by atoms with Crippen LogP contribution in [-0.2, 0) is 33.6 Å². The lowest BCUT2D eigenvalue weighted by molar-refractivity contribution is -0.0831. The standard InChI is InChI=1S/C26H36INO3S/c1-20-23(27)15-16-25(31-20)24(19-30-18-22-13-9-6-10-14-22)28(32(29)26(2,3)4)17-21-11-7-5-8-12-21/h5-14,20,23-25H,15-19H2,1-4H3. The Morgan fingerprint density at radius 2 is 1.66 bits per heavy atom. The van der Waals surface area contributed by atoms with Crippen molar-refractivity contribution in [2.24, 2.45) is 0 Å². The van der Waals surface area contributed by atoms with E-state index < -0.39 is 11.0 Å². The summed E-state index contributed by atoms with van der Waals surface area (Å²) in [5.41, 5.74) is 2.29. The highest BCUT2D eigenvalue weighted by Gasteiger charge is 2.39. The van der Waals surface area contributed by atoms with Crippen molar-refractivity contribution >= 4 is 33.6 Å². The van der Waals surface area contributed by atoms with Crippen molar-refractivity contribution in [2.75, 3.05) is 6.61 Å². The van der Waals surface area contributed by atoms with E-state index in [4.69, 9.17) is 9.47 Å². The number of benzene rings is 2. The van der Waals surface area contributed by atoms with E-state index in [2.05, 4.69) is 58.1 Å². The van der Waals surface area contributed by atoms with Crippen molar-refractivity contribution in [3.8, 4) is 0 Å². The Balaban J connectivity index is 1.85. The number of ether oxygens (including phenoxy) is 2. The second-order valence-corrected chi connectivity index (χ2v) is 13.3. The van der Waals surface area contributed by atoms with Gasteiger partial charge in [-0.25, -0.2) is 8.51 Å². The molecule has 176 valence electrons. The van der Waals surface area contributed by atoms with Gasteiger partial charge in [0.25, 0.3) is 0 Å². The Morgan fingerprint density at radius 3 is 2.22 bits per heavy atom. The maximum Gasteiger partial charge on any atom is 0.100 e. The molecule has 4 nitrogen and oxygen atoms in total. The van der Waals surface area contributed by atoms with E-state index >= 15 is 0 Å². The highest BCUT2D eigenvalue weighted by Crippen LogP contribution is 2.31. The first-order chi connectivity index (χ1) is 15.3. The number of halogens is 1. The van der Waals surface area contributed by atoms with E-state index in [0.717, 1.165) is 24.0 Å². The number of rotatable bonds is 9. The molecule has 1 fully saturated rings. The molecule has 32 heavy (non-hydrogen) atoms. The first kappa shape index (κ1) is 25.8. The largest absolute Gasteiger partial charge is 0.375 e. The molecule has 0 aromatic heterocycles. The van der Waals surface area contributed by atoms with Crippen LogP contribution < -0.4 is 0 Å². The van der Waals surface area contributed by atoms with Gasteiger partial charge in [-0.05, 0) is 51.7 Å². The maximum atomic E-state index is 13.8. The van der Waals surface area contributed by atoms with Crippen molar-refractivity contribution in [1.29, 1.82) is 0 Å². The fourth-order valence-electron chi connectivity index (χ4n) is 3.93. The number of nitrogens with zero attached hydrogens (tertiary/aromatic N) is 1. The molecular weight excluding hydrogens is 533 g/mol. The molecule has 5 unspecified atom stereocenters. The first-order valence-electron chi connectivity index (χ1n) is 11.4. The van der Waals surface area contributed by atoms with Crippen LogP contribution in [0.15, 0.2) is 60.7 Å². The third-order valence-electron chi connectivity index (χ3n) is 5.74. The quantitative estimate of drug-likeness (QED) is 0.279. The average molecular weight is 570 g/mol. The zero-order valence-electron chi connectivity index (χ0n) is 19.6. The third-order valence-corrected chi connectivity index (χ3v) is 9.25. The summed E-state index contributed by atoms with van der Waals surface area (Å²) in [4.78, 5) is 0. The molecule has 3 rings (SSSR count). The molecule has 0 amide bonds. The minimum atomic E-state index is -1.20. The zero-order valence-corrected chi connectivity index (χ0v) is 22.6. The molecular formula is C26H36INO3S. The third kappa shape index (κ3) is 7.35. The smallest absolute Gasteiger partial charge is 0.100 e. The van der Waals surface area contributed by atoms with E-state index in [1.165, 1.54) is 0 Å². The Kier molecular flexibility index (Phi) is 9.73. The van der Waals surface area contributed by atoms with Gasteiger partial charge in [-0.2, -0.15) is 0 Å². The van der Waals surface area contributed by atoms with Gasteiger partial charge >= 0.3 is 0 Å². The van der Waals surface area contributed by atoms with Crippen molar-refractivity contribution in [3.63, 3.8) is 0 Å². The van der Waals surface area contributed by atoms with Gasteiger partial charge in [-0.3, -0.25) is 0 Å². The summed E-state index contributed by atoms with van der Waals surface area (Å²) in [6.45, 7) is 9.87. The predicted molar refractivity (Wildman–Crippen MR) is 141 cm³/mol. The van der Waals surface area contributed by atoms with Gasteiger partial charge in [0.1, 0.15) is 11.0 Å². The summed E-state index contributed by atoms with van der Waals surface area (Å²) < 4.78 is 28.7. The van der Waals surface area contributed by atoms with E-state index in [0.29, 0.717) is 23.7 Å². The van der Waals surface area contributed by atoms with Crippen LogP contribution in [-0.4, -0.2) is 42.0 Å². The SMILES string of the molecule is CC1OC(C(COCc2ccccc2)N(Cc2ccccc2)S(=O)C(C)(C)C)CCC1I. The molecule has 6 heteroatoms. The van der Waals surface area contributed by atoms with Gasteiger partial charge in [0, 0.05) is 10.5 Å². The van der Waals surface area contributed by atoms with Gasteiger partial charge in [0.05, 0.1) is 36.2 Å². The van der Waals surface area contributed by atoms with Crippen LogP contribution in [0.3, 0.4) is 0 Å². The van der Waals surface area contributed by atoms with E-state index in [9.17, 15) is 4.21 Å². The van der Waals surface area contributed by atoms with Crippen LogP contribution in [0, 0.1) is 0 Å². The fourth-order valence-corrected chi connectivity index (χ4v) is 5.87. The summed E-state index contributed by atoms with van der Waals surface area (Å²) in [6, 6.07) is 20.4. The van der Waals surface area contributed by atoms with Gasteiger partial charge in [0.2, 0.25) is 0 Å². The average Bonchev–Trinajstić information content (AvgIpc) is 2.78. The van der Waals surface area contributed by atoms with E-state index in [-0.39, 0.29) is 23.0 Å². The predicted octanol–water partition coefficient (Wildman–Crippen LogP) is 5.91. The first-order valence-corrected chi connectivity index (χ1v) is 13.7. The molecule has 2 aromatic rings. The van der Waals surface area contributed by atoms with E-state index in [1.54, 1.807) is 0 Å². The van der Waals surface area contributed by atoms with Crippen molar-refractivity contribution in [1.82, 2.24) is 4.31 Å². The summed E-state index contributed by atoms with van der Waals surface area (Å²) in [5, 5.41) is 0. The molecule has 0 N–H and O–H groups in total. The van der Waals surface area contributed by atoms with Gasteiger partial charge in [-0.1, -0.05) is 83.3 Å². The molecule has 0 aliphatic carbocycles. The summed E-state index contributed by atoms with van der Waals surface area (Å²) in [6.07, 6.45) is 2.21. The molecule has 1 saturated heterocycles. The minimum absolute atomic E-state index is 0.0122. The van der Waals surface area contributed by atoms with Crippen molar-refractivity contribution in [3.05, 3.63) is 71.8 Å². The summed E-state index contributed by atoms with van der Waals surface area (Å²) in [7, 11) is -1.20. The van der Waals surface area contributed by atoms with Crippen LogP contribution in [0.25, 0.3) is 0 Å². The normalized spacial score (nSPS) is 23.8. The summed E-state index contributed by atoms with van der Waals surface area (Å²) >= 11 is 2.48. The fraction of sp³-hybridized carbons (Fsp3) is 0.538. The summed E-state index contributed by atoms with van der Waals surface area (Å²) in [5.74, 6) is 0. The number of hydrogen-bond acceptors (Lipinski definition) is 3. The molecule has 1 aliphatic heterocycles. The van der Waals surface area contributed by atoms with Crippen molar-refractivity contribution in [2.45, 2.75) is 80.6 Å². The van der Waals surface area contributed by atoms with Gasteiger partial charge in [-0.15, -0.1) is 0 Å².